The number of benzene rings is 2. The first-order chi connectivity index (χ1) is 12.8. The molecule has 4 aromatic rings. The molecule has 26 heavy (non-hydrogen) atoms. The molecule has 0 atom stereocenters. The summed E-state index contributed by atoms with van der Waals surface area (Å²) in [5, 5.41) is 2.37. The molecule has 130 valence electrons. The van der Waals surface area contributed by atoms with Crippen LogP contribution in [0.5, 0.6) is 0 Å². The number of hydrogen-bond donors (Lipinski definition) is 0. The van der Waals surface area contributed by atoms with Gasteiger partial charge in [0.25, 0.3) is 0 Å². The number of hydrogen-bond acceptors (Lipinski definition) is 2. The lowest BCUT2D eigenvalue weighted by Gasteiger charge is -2.21. The first kappa shape index (κ1) is 16.3. The standard InChI is InChI=1S/C22H21N3O/c1-2-24(15-17-8-7-13-23-14-17)22(26)16-25-20-11-5-3-9-18(20)19-10-4-6-12-21(19)25/h3-14H,2,15-16H2,1H3. The van der Waals surface area contributed by atoms with E-state index in [9.17, 15) is 4.79 Å². The van der Waals surface area contributed by atoms with Crippen LogP contribution in [-0.4, -0.2) is 26.9 Å². The molecule has 4 nitrogen and oxygen atoms in total. The second kappa shape index (κ2) is 7.00. The van der Waals surface area contributed by atoms with Crippen LogP contribution in [0.25, 0.3) is 21.8 Å². The molecule has 4 rings (SSSR count). The van der Waals surface area contributed by atoms with Crippen molar-refractivity contribution in [2.45, 2.75) is 20.0 Å². The van der Waals surface area contributed by atoms with Gasteiger partial charge in [0, 0.05) is 47.3 Å². The van der Waals surface area contributed by atoms with Gasteiger partial charge in [0.15, 0.2) is 0 Å². The van der Waals surface area contributed by atoms with Gasteiger partial charge in [-0.15, -0.1) is 0 Å². The summed E-state index contributed by atoms with van der Waals surface area (Å²) in [4.78, 5) is 19.0. The van der Waals surface area contributed by atoms with E-state index < -0.39 is 0 Å². The van der Waals surface area contributed by atoms with Crippen molar-refractivity contribution in [2.75, 3.05) is 6.54 Å². The van der Waals surface area contributed by atoms with Crippen LogP contribution >= 0.6 is 0 Å². The summed E-state index contributed by atoms with van der Waals surface area (Å²) in [6.07, 6.45) is 3.57. The van der Waals surface area contributed by atoms with Crippen molar-refractivity contribution in [3.63, 3.8) is 0 Å². The Morgan fingerprint density at radius 2 is 1.62 bits per heavy atom. The summed E-state index contributed by atoms with van der Waals surface area (Å²) < 4.78 is 2.12. The van der Waals surface area contributed by atoms with Crippen molar-refractivity contribution < 1.29 is 4.79 Å². The summed E-state index contributed by atoms with van der Waals surface area (Å²) in [5.74, 6) is 0.114. The number of nitrogens with zero attached hydrogens (tertiary/aromatic N) is 3. The van der Waals surface area contributed by atoms with Crippen LogP contribution < -0.4 is 0 Å². The maximum atomic E-state index is 13.0. The SMILES string of the molecule is CCN(Cc1cccnc1)C(=O)Cn1c2ccccc2c2ccccc21. The van der Waals surface area contributed by atoms with Crippen LogP contribution in [0, 0.1) is 0 Å². The lowest BCUT2D eigenvalue weighted by molar-refractivity contribution is -0.132. The van der Waals surface area contributed by atoms with E-state index in [0.29, 0.717) is 19.6 Å². The lowest BCUT2D eigenvalue weighted by Crippen LogP contribution is -2.33. The molecule has 0 fully saturated rings. The van der Waals surface area contributed by atoms with Crippen LogP contribution in [0.4, 0.5) is 0 Å². The van der Waals surface area contributed by atoms with Crippen LogP contribution in [0.15, 0.2) is 73.1 Å². The average molecular weight is 343 g/mol. The van der Waals surface area contributed by atoms with Gasteiger partial charge >= 0.3 is 0 Å². The normalized spacial score (nSPS) is 11.1. The number of carbonyl (C=O) groups is 1. The van der Waals surface area contributed by atoms with Crippen molar-refractivity contribution >= 4 is 27.7 Å². The summed E-state index contributed by atoms with van der Waals surface area (Å²) in [6.45, 7) is 3.60. The number of rotatable bonds is 5. The molecule has 0 spiro atoms. The highest BCUT2D eigenvalue weighted by Crippen LogP contribution is 2.28. The Morgan fingerprint density at radius 1 is 0.962 bits per heavy atom. The molecule has 2 aromatic heterocycles. The zero-order valence-electron chi connectivity index (χ0n) is 14.8. The third-order valence-electron chi connectivity index (χ3n) is 4.80. The number of carbonyl (C=O) groups excluding carboxylic acids is 1. The van der Waals surface area contributed by atoms with E-state index in [-0.39, 0.29) is 5.91 Å². The van der Waals surface area contributed by atoms with E-state index in [0.717, 1.165) is 16.6 Å². The van der Waals surface area contributed by atoms with Gasteiger partial charge < -0.3 is 9.47 Å². The van der Waals surface area contributed by atoms with Gasteiger partial charge in [0.1, 0.15) is 6.54 Å². The highest BCUT2D eigenvalue weighted by molar-refractivity contribution is 6.08. The molecule has 0 aliphatic heterocycles. The van der Waals surface area contributed by atoms with Crippen molar-refractivity contribution in [2.24, 2.45) is 0 Å². The minimum Gasteiger partial charge on any atom is -0.337 e. The zero-order valence-corrected chi connectivity index (χ0v) is 14.8. The zero-order chi connectivity index (χ0) is 17.9. The molecular weight excluding hydrogens is 322 g/mol. The molecule has 2 heterocycles. The average Bonchev–Trinajstić information content (AvgIpc) is 3.01. The van der Waals surface area contributed by atoms with Gasteiger partial charge in [-0.25, -0.2) is 0 Å². The fourth-order valence-corrected chi connectivity index (χ4v) is 3.50. The number of aromatic nitrogens is 2. The van der Waals surface area contributed by atoms with E-state index in [2.05, 4.69) is 33.8 Å². The molecule has 4 heteroatoms. The molecular formula is C22H21N3O. The molecule has 0 N–H and O–H groups in total. The number of amides is 1. The fourth-order valence-electron chi connectivity index (χ4n) is 3.50. The molecule has 1 amide bonds. The monoisotopic (exact) mass is 343 g/mol. The summed E-state index contributed by atoms with van der Waals surface area (Å²) in [6, 6.07) is 20.4. The van der Waals surface area contributed by atoms with Gasteiger partial charge in [0.05, 0.1) is 0 Å². The van der Waals surface area contributed by atoms with E-state index in [1.807, 2.05) is 54.4 Å². The topological polar surface area (TPSA) is 38.1 Å². The first-order valence-electron chi connectivity index (χ1n) is 8.90. The van der Waals surface area contributed by atoms with Crippen LogP contribution in [0.3, 0.4) is 0 Å². The maximum absolute atomic E-state index is 13.0. The van der Waals surface area contributed by atoms with E-state index in [1.54, 1.807) is 6.20 Å². The van der Waals surface area contributed by atoms with Crippen molar-refractivity contribution in [3.8, 4) is 0 Å². The number of para-hydroxylation sites is 2. The van der Waals surface area contributed by atoms with Gasteiger partial charge in [-0.1, -0.05) is 42.5 Å². The predicted octanol–water partition coefficient (Wildman–Crippen LogP) is 4.24. The van der Waals surface area contributed by atoms with Gasteiger partial charge in [0.2, 0.25) is 5.91 Å². The van der Waals surface area contributed by atoms with Crippen LogP contribution in [-0.2, 0) is 17.9 Å². The van der Waals surface area contributed by atoms with E-state index in [4.69, 9.17) is 0 Å². The Labute approximate surface area is 152 Å². The molecule has 0 saturated carbocycles. The number of pyridine rings is 1. The third kappa shape index (κ3) is 2.94. The second-order valence-corrected chi connectivity index (χ2v) is 6.39. The lowest BCUT2D eigenvalue weighted by atomic mass is 10.2. The Bertz CT molecular complexity index is 1000. The Kier molecular flexibility index (Phi) is 4.40. The molecule has 0 aliphatic carbocycles. The third-order valence-corrected chi connectivity index (χ3v) is 4.80. The summed E-state index contributed by atoms with van der Waals surface area (Å²) in [5.41, 5.74) is 3.24. The quantitative estimate of drug-likeness (QED) is 0.544. The van der Waals surface area contributed by atoms with E-state index >= 15 is 0 Å². The summed E-state index contributed by atoms with van der Waals surface area (Å²) >= 11 is 0. The number of fused-ring (bicyclic) bond motifs is 3. The first-order valence-corrected chi connectivity index (χ1v) is 8.90. The predicted molar refractivity (Wildman–Crippen MR) is 105 cm³/mol. The van der Waals surface area contributed by atoms with Crippen molar-refractivity contribution in [1.82, 2.24) is 14.5 Å². The molecule has 0 bridgehead atoms. The Balaban J connectivity index is 1.68. The van der Waals surface area contributed by atoms with Crippen LogP contribution in [0.1, 0.15) is 12.5 Å². The molecule has 0 radical (unpaired) electrons. The largest absolute Gasteiger partial charge is 0.337 e. The van der Waals surface area contributed by atoms with Gasteiger partial charge in [-0.3, -0.25) is 9.78 Å². The van der Waals surface area contributed by atoms with Crippen LogP contribution in [0.2, 0.25) is 0 Å². The second-order valence-electron chi connectivity index (χ2n) is 6.39. The van der Waals surface area contributed by atoms with Crippen molar-refractivity contribution in [3.05, 3.63) is 78.6 Å². The Morgan fingerprint density at radius 3 is 2.19 bits per heavy atom. The molecule has 0 saturated heterocycles. The smallest absolute Gasteiger partial charge is 0.242 e. The molecule has 0 aliphatic rings. The van der Waals surface area contributed by atoms with E-state index in [1.165, 1.54) is 10.8 Å². The highest BCUT2D eigenvalue weighted by atomic mass is 16.2. The number of likely N-dealkylation sites (N-methyl/N-ethyl adjacent to an activating group) is 1. The summed E-state index contributed by atoms with van der Waals surface area (Å²) in [7, 11) is 0. The highest BCUT2D eigenvalue weighted by Gasteiger charge is 2.17. The van der Waals surface area contributed by atoms with Gasteiger partial charge in [-0.05, 0) is 30.7 Å². The van der Waals surface area contributed by atoms with Gasteiger partial charge in [-0.2, -0.15) is 0 Å². The molecule has 0 unspecified atom stereocenters. The molecule has 2 aromatic carbocycles. The van der Waals surface area contributed by atoms with Crippen molar-refractivity contribution in [1.29, 1.82) is 0 Å². The maximum Gasteiger partial charge on any atom is 0.242 e. The Hall–Kier alpha value is -3.14. The minimum atomic E-state index is 0.114. The minimum absolute atomic E-state index is 0.114. The fraction of sp³-hybridized carbons (Fsp3) is 0.182.